The second-order valence-corrected chi connectivity index (χ2v) is 3.69. The summed E-state index contributed by atoms with van der Waals surface area (Å²) >= 11 is 6.99. The molecule has 0 aliphatic rings. The van der Waals surface area contributed by atoms with Gasteiger partial charge in [0.15, 0.2) is 10.9 Å². The van der Waals surface area contributed by atoms with E-state index in [0.717, 1.165) is 0 Å². The number of carboxylic acids is 1. The number of aromatic nitrogens is 2. The molecule has 1 N–H and O–H groups in total. The van der Waals surface area contributed by atoms with E-state index >= 15 is 0 Å². The number of Topliss-reactive ketones (excluding diaryl/α,β-unsaturated/α-hetero) is 1. The molecule has 0 amide bonds. The van der Waals surface area contributed by atoms with Gasteiger partial charge in [-0.2, -0.15) is 0 Å². The summed E-state index contributed by atoms with van der Waals surface area (Å²) in [5.41, 5.74) is 0.0388. The fourth-order valence-electron chi connectivity index (χ4n) is 0.864. The number of carboxylic acid groups (broad SMARTS) is 1. The molecule has 1 aromatic heterocycles. The van der Waals surface area contributed by atoms with Crippen molar-refractivity contribution < 1.29 is 14.7 Å². The van der Waals surface area contributed by atoms with Crippen molar-refractivity contribution in [1.29, 1.82) is 0 Å². The predicted molar refractivity (Wildman–Crippen MR) is 55.4 cm³/mol. The summed E-state index contributed by atoms with van der Waals surface area (Å²) in [6, 6.07) is 0. The van der Waals surface area contributed by atoms with E-state index in [0.29, 0.717) is 5.16 Å². The van der Waals surface area contributed by atoms with Crippen molar-refractivity contribution in [2.45, 2.75) is 11.6 Å². The number of aliphatic carboxylic acids is 1. The first-order valence-electron chi connectivity index (χ1n) is 3.86. The first-order valence-corrected chi connectivity index (χ1v) is 5.46. The van der Waals surface area contributed by atoms with Crippen molar-refractivity contribution in [3.8, 4) is 0 Å². The van der Waals surface area contributed by atoms with Crippen molar-refractivity contribution in [3.63, 3.8) is 0 Å². The molecular formula is C8H7ClN2O3S. The van der Waals surface area contributed by atoms with Gasteiger partial charge in [-0.15, -0.1) is 0 Å². The van der Waals surface area contributed by atoms with Crippen LogP contribution in [0.2, 0.25) is 5.15 Å². The lowest BCUT2D eigenvalue weighted by molar-refractivity contribution is -0.135. The number of nitrogens with zero attached hydrogens (tertiary/aromatic N) is 2. The quantitative estimate of drug-likeness (QED) is 0.285. The summed E-state index contributed by atoms with van der Waals surface area (Å²) in [5.74, 6) is -1.80. The van der Waals surface area contributed by atoms with Crippen LogP contribution in [0.4, 0.5) is 0 Å². The first-order chi connectivity index (χ1) is 7.04. The average Bonchev–Trinajstić information content (AvgIpc) is 2.16. The van der Waals surface area contributed by atoms with E-state index in [1.165, 1.54) is 18.0 Å². The molecule has 0 aliphatic heterocycles. The van der Waals surface area contributed by atoms with Crippen LogP contribution in [0.15, 0.2) is 11.4 Å². The second kappa shape index (κ2) is 5.09. The fraction of sp³-hybridized carbons (Fsp3) is 0.250. The molecule has 0 aliphatic carbocycles. The van der Waals surface area contributed by atoms with Crippen LogP contribution in [-0.4, -0.2) is 33.1 Å². The number of rotatable bonds is 4. The normalized spacial score (nSPS) is 10.0. The van der Waals surface area contributed by atoms with Crippen LogP contribution < -0.4 is 0 Å². The van der Waals surface area contributed by atoms with Gasteiger partial charge < -0.3 is 5.11 Å². The molecule has 7 heteroatoms. The molecule has 1 rings (SSSR count). The van der Waals surface area contributed by atoms with Gasteiger partial charge in [0.05, 0.1) is 5.56 Å². The molecular weight excluding hydrogens is 240 g/mol. The highest BCUT2D eigenvalue weighted by atomic mass is 35.5. The second-order valence-electron chi connectivity index (χ2n) is 2.55. The van der Waals surface area contributed by atoms with Gasteiger partial charge in [0.1, 0.15) is 11.6 Å². The number of ketones is 1. The van der Waals surface area contributed by atoms with Crippen LogP contribution in [0, 0.1) is 0 Å². The summed E-state index contributed by atoms with van der Waals surface area (Å²) < 4.78 is 0. The Labute approximate surface area is 94.9 Å². The zero-order chi connectivity index (χ0) is 11.4. The third kappa shape index (κ3) is 3.17. The van der Waals surface area contributed by atoms with E-state index in [1.807, 2.05) is 0 Å². The lowest BCUT2D eigenvalue weighted by Crippen LogP contribution is -2.09. The highest BCUT2D eigenvalue weighted by Gasteiger charge is 2.15. The highest BCUT2D eigenvalue weighted by molar-refractivity contribution is 7.98. The maximum Gasteiger partial charge on any atom is 0.311 e. The molecule has 15 heavy (non-hydrogen) atoms. The van der Waals surface area contributed by atoms with Gasteiger partial charge in [-0.3, -0.25) is 9.59 Å². The molecule has 0 saturated carbocycles. The Bertz CT molecular complexity index is 411. The maximum atomic E-state index is 11.3. The van der Waals surface area contributed by atoms with Gasteiger partial charge in [0.2, 0.25) is 0 Å². The van der Waals surface area contributed by atoms with Crippen LogP contribution in [0.25, 0.3) is 0 Å². The molecule has 0 spiro atoms. The van der Waals surface area contributed by atoms with Gasteiger partial charge >= 0.3 is 5.97 Å². The molecule has 0 unspecified atom stereocenters. The van der Waals surface area contributed by atoms with E-state index in [-0.39, 0.29) is 10.7 Å². The summed E-state index contributed by atoms with van der Waals surface area (Å²) in [4.78, 5) is 29.3. The smallest absolute Gasteiger partial charge is 0.311 e. The molecule has 0 radical (unpaired) electrons. The topological polar surface area (TPSA) is 80.2 Å². The third-order valence-electron chi connectivity index (χ3n) is 1.51. The van der Waals surface area contributed by atoms with E-state index in [1.54, 1.807) is 6.26 Å². The Morgan fingerprint density at radius 3 is 2.73 bits per heavy atom. The monoisotopic (exact) mass is 246 g/mol. The lowest BCUT2D eigenvalue weighted by Gasteiger charge is -2.01. The van der Waals surface area contributed by atoms with E-state index < -0.39 is 18.2 Å². The van der Waals surface area contributed by atoms with Crippen LogP contribution in [0.3, 0.4) is 0 Å². The molecule has 5 nitrogen and oxygen atoms in total. The summed E-state index contributed by atoms with van der Waals surface area (Å²) in [6.07, 6.45) is 2.40. The summed E-state index contributed by atoms with van der Waals surface area (Å²) in [7, 11) is 0. The van der Waals surface area contributed by atoms with E-state index in [4.69, 9.17) is 16.7 Å². The Morgan fingerprint density at radius 2 is 2.27 bits per heavy atom. The standard InChI is InChI=1S/C8H7ClN2O3S/c1-15-8-10-3-4(7(9)11-8)5(12)2-6(13)14/h3H,2H2,1H3,(H,13,14). The van der Waals surface area contributed by atoms with E-state index in [9.17, 15) is 9.59 Å². The minimum atomic E-state index is -1.20. The Balaban J connectivity index is 2.95. The minimum absolute atomic E-state index is 0.0133. The van der Waals surface area contributed by atoms with Crippen LogP contribution >= 0.6 is 23.4 Å². The Hall–Kier alpha value is -1.14. The SMILES string of the molecule is CSc1ncc(C(=O)CC(=O)O)c(Cl)n1. The molecule has 1 heterocycles. The number of thioether (sulfide) groups is 1. The lowest BCUT2D eigenvalue weighted by atomic mass is 10.2. The zero-order valence-electron chi connectivity index (χ0n) is 7.73. The van der Waals surface area contributed by atoms with Crippen molar-refractivity contribution in [3.05, 3.63) is 16.9 Å². The molecule has 0 atom stereocenters. The molecule has 80 valence electrons. The molecule has 0 saturated heterocycles. The van der Waals surface area contributed by atoms with Gasteiger partial charge in [0, 0.05) is 6.20 Å². The maximum absolute atomic E-state index is 11.3. The Kier molecular flexibility index (Phi) is 4.05. The van der Waals surface area contributed by atoms with Gasteiger partial charge in [-0.1, -0.05) is 23.4 Å². The predicted octanol–water partition coefficient (Wildman–Crippen LogP) is 1.51. The minimum Gasteiger partial charge on any atom is -0.481 e. The van der Waals surface area contributed by atoms with Gasteiger partial charge in [0.25, 0.3) is 0 Å². The number of hydrogen-bond donors (Lipinski definition) is 1. The van der Waals surface area contributed by atoms with Gasteiger partial charge in [-0.05, 0) is 6.26 Å². The zero-order valence-corrected chi connectivity index (χ0v) is 9.30. The number of hydrogen-bond acceptors (Lipinski definition) is 5. The van der Waals surface area contributed by atoms with Crippen molar-refractivity contribution in [1.82, 2.24) is 9.97 Å². The van der Waals surface area contributed by atoms with Crippen molar-refractivity contribution in [2.75, 3.05) is 6.26 Å². The molecule has 0 bridgehead atoms. The summed E-state index contributed by atoms with van der Waals surface area (Å²) in [5, 5.41) is 8.85. The highest BCUT2D eigenvalue weighted by Crippen LogP contribution is 2.17. The Morgan fingerprint density at radius 1 is 1.60 bits per heavy atom. The molecule has 0 fully saturated rings. The number of carbonyl (C=O) groups is 2. The fourth-order valence-corrected chi connectivity index (χ4v) is 1.49. The third-order valence-corrected chi connectivity index (χ3v) is 2.36. The van der Waals surface area contributed by atoms with E-state index in [2.05, 4.69) is 9.97 Å². The molecule has 1 aromatic rings. The molecule has 0 aromatic carbocycles. The number of carbonyl (C=O) groups excluding carboxylic acids is 1. The van der Waals surface area contributed by atoms with Crippen LogP contribution in [0.1, 0.15) is 16.8 Å². The number of halogens is 1. The van der Waals surface area contributed by atoms with Crippen LogP contribution in [-0.2, 0) is 4.79 Å². The average molecular weight is 247 g/mol. The van der Waals surface area contributed by atoms with Crippen molar-refractivity contribution >= 4 is 35.1 Å². The summed E-state index contributed by atoms with van der Waals surface area (Å²) in [6.45, 7) is 0. The largest absolute Gasteiger partial charge is 0.481 e. The van der Waals surface area contributed by atoms with Crippen molar-refractivity contribution in [2.24, 2.45) is 0 Å². The van der Waals surface area contributed by atoms with Crippen LogP contribution in [0.5, 0.6) is 0 Å². The van der Waals surface area contributed by atoms with Gasteiger partial charge in [-0.25, -0.2) is 9.97 Å². The first kappa shape index (κ1) is 11.9.